The minimum Gasteiger partial charge on any atom is -0.402 e. The summed E-state index contributed by atoms with van der Waals surface area (Å²) in [6, 6.07) is 0. The molecule has 0 aromatic carbocycles. The maximum atomic E-state index is 10.6. The van der Waals surface area contributed by atoms with Gasteiger partial charge in [-0.2, -0.15) is 0 Å². The van der Waals surface area contributed by atoms with Gasteiger partial charge in [-0.25, -0.2) is 0 Å². The Labute approximate surface area is 61.1 Å². The second-order valence-electron chi connectivity index (χ2n) is 2.28. The van der Waals surface area contributed by atoms with E-state index in [1.54, 1.807) is 6.92 Å². The van der Waals surface area contributed by atoms with Crippen molar-refractivity contribution in [2.45, 2.75) is 26.7 Å². The first-order valence-electron chi connectivity index (χ1n) is 3.34. The molecule has 0 heterocycles. The highest BCUT2D eigenvalue weighted by molar-refractivity contribution is 5.92. The van der Waals surface area contributed by atoms with Crippen LogP contribution in [-0.2, 0) is 4.79 Å². The number of hydrogen-bond donors (Lipinski definition) is 2. The number of nitrogens with two attached hydrogens (primary N) is 2. The lowest BCUT2D eigenvalue weighted by Gasteiger charge is -2.01. The topological polar surface area (TPSA) is 69.1 Å². The summed E-state index contributed by atoms with van der Waals surface area (Å²) in [7, 11) is 0. The van der Waals surface area contributed by atoms with Crippen molar-refractivity contribution in [1.82, 2.24) is 0 Å². The summed E-state index contributed by atoms with van der Waals surface area (Å²) < 4.78 is 0. The summed E-state index contributed by atoms with van der Waals surface area (Å²) >= 11 is 0. The molecule has 0 fully saturated rings. The Morgan fingerprint density at radius 2 is 1.90 bits per heavy atom. The molecule has 4 N–H and O–H groups in total. The van der Waals surface area contributed by atoms with Crippen LogP contribution in [0.2, 0.25) is 0 Å². The van der Waals surface area contributed by atoms with Gasteiger partial charge in [0.1, 0.15) is 0 Å². The van der Waals surface area contributed by atoms with Gasteiger partial charge in [0.2, 0.25) is 5.91 Å². The fraction of sp³-hybridized carbons (Fsp3) is 0.571. The molecule has 0 aliphatic rings. The van der Waals surface area contributed by atoms with Gasteiger partial charge in [-0.15, -0.1) is 0 Å². The molecule has 0 aromatic heterocycles. The van der Waals surface area contributed by atoms with Crippen molar-refractivity contribution >= 4 is 5.91 Å². The molecule has 0 unspecified atom stereocenters. The standard InChI is InChI=1S/C7H14N2O/c1-3-4-6(5(2)8)7(9)10/h3-4,8H2,1-2H3,(H2,9,10)/b6-5-. The van der Waals surface area contributed by atoms with Crippen molar-refractivity contribution in [2.75, 3.05) is 0 Å². The van der Waals surface area contributed by atoms with Crippen LogP contribution in [0.25, 0.3) is 0 Å². The lowest BCUT2D eigenvalue weighted by atomic mass is 10.1. The summed E-state index contributed by atoms with van der Waals surface area (Å²) in [5.41, 5.74) is 11.5. The summed E-state index contributed by atoms with van der Waals surface area (Å²) in [5, 5.41) is 0. The van der Waals surface area contributed by atoms with Gasteiger partial charge in [0, 0.05) is 11.3 Å². The molecule has 0 atom stereocenters. The molecule has 0 aromatic rings. The average Bonchev–Trinajstić information content (AvgIpc) is 1.81. The van der Waals surface area contributed by atoms with Gasteiger partial charge >= 0.3 is 0 Å². The summed E-state index contributed by atoms with van der Waals surface area (Å²) in [5.74, 6) is -0.401. The third kappa shape index (κ3) is 2.53. The van der Waals surface area contributed by atoms with Crippen molar-refractivity contribution in [3.63, 3.8) is 0 Å². The monoisotopic (exact) mass is 142 g/mol. The Hall–Kier alpha value is -0.990. The van der Waals surface area contributed by atoms with E-state index >= 15 is 0 Å². The molecule has 0 radical (unpaired) electrons. The van der Waals surface area contributed by atoms with Crippen LogP contribution in [0.1, 0.15) is 26.7 Å². The minimum absolute atomic E-state index is 0.401. The first-order valence-corrected chi connectivity index (χ1v) is 3.34. The number of hydrogen-bond acceptors (Lipinski definition) is 2. The van der Waals surface area contributed by atoms with E-state index in [0.717, 1.165) is 6.42 Å². The van der Waals surface area contributed by atoms with Gasteiger partial charge in [0.25, 0.3) is 0 Å². The van der Waals surface area contributed by atoms with E-state index in [2.05, 4.69) is 0 Å². The molecule has 0 saturated heterocycles. The van der Waals surface area contributed by atoms with Crippen molar-refractivity contribution in [3.8, 4) is 0 Å². The lowest BCUT2D eigenvalue weighted by Crippen LogP contribution is -2.17. The maximum Gasteiger partial charge on any atom is 0.246 e. The molecule has 0 bridgehead atoms. The Morgan fingerprint density at radius 3 is 2.00 bits per heavy atom. The van der Waals surface area contributed by atoms with Crippen LogP contribution in [0.3, 0.4) is 0 Å². The fourth-order valence-electron chi connectivity index (χ4n) is 0.765. The van der Waals surface area contributed by atoms with Crippen molar-refractivity contribution in [1.29, 1.82) is 0 Å². The highest BCUT2D eigenvalue weighted by Crippen LogP contribution is 2.05. The Bertz CT molecular complexity index is 157. The number of amides is 1. The van der Waals surface area contributed by atoms with Gasteiger partial charge in [-0.05, 0) is 13.3 Å². The van der Waals surface area contributed by atoms with Crippen LogP contribution in [0.4, 0.5) is 0 Å². The number of rotatable bonds is 3. The smallest absolute Gasteiger partial charge is 0.246 e. The second-order valence-corrected chi connectivity index (χ2v) is 2.28. The highest BCUT2D eigenvalue weighted by Gasteiger charge is 2.04. The number of allylic oxidation sites excluding steroid dienone is 1. The third-order valence-electron chi connectivity index (χ3n) is 1.27. The summed E-state index contributed by atoms with van der Waals surface area (Å²) in [6.45, 7) is 3.67. The fourth-order valence-corrected chi connectivity index (χ4v) is 0.765. The van der Waals surface area contributed by atoms with Crippen LogP contribution in [-0.4, -0.2) is 5.91 Å². The maximum absolute atomic E-state index is 10.6. The molecule has 0 saturated carbocycles. The molecule has 3 heteroatoms. The van der Waals surface area contributed by atoms with Crippen LogP contribution in [0.15, 0.2) is 11.3 Å². The van der Waals surface area contributed by atoms with Crippen LogP contribution in [0.5, 0.6) is 0 Å². The molecule has 0 spiro atoms. The zero-order valence-corrected chi connectivity index (χ0v) is 6.48. The predicted octanol–water partition coefficient (Wildman–Crippen LogP) is 0.505. The predicted molar refractivity (Wildman–Crippen MR) is 41.0 cm³/mol. The molecule has 1 amide bonds. The van der Waals surface area contributed by atoms with E-state index in [0.29, 0.717) is 17.7 Å². The zero-order valence-electron chi connectivity index (χ0n) is 6.48. The lowest BCUT2D eigenvalue weighted by molar-refractivity contribution is -0.114. The van der Waals surface area contributed by atoms with Crippen molar-refractivity contribution < 1.29 is 4.79 Å². The first-order chi connectivity index (χ1) is 4.59. The van der Waals surface area contributed by atoms with Crippen LogP contribution in [0, 0.1) is 0 Å². The molecular weight excluding hydrogens is 128 g/mol. The molecule has 0 aliphatic heterocycles. The number of carbonyl (C=O) groups excluding carboxylic acids is 1. The average molecular weight is 142 g/mol. The Kier molecular flexibility index (Phi) is 3.54. The second kappa shape index (κ2) is 3.93. The van der Waals surface area contributed by atoms with Gasteiger partial charge < -0.3 is 11.5 Å². The molecular formula is C7H14N2O. The van der Waals surface area contributed by atoms with Crippen LogP contribution >= 0.6 is 0 Å². The molecule has 0 aliphatic carbocycles. The van der Waals surface area contributed by atoms with Gasteiger partial charge in [-0.3, -0.25) is 4.79 Å². The summed E-state index contributed by atoms with van der Waals surface area (Å²) in [6.07, 6.45) is 1.57. The summed E-state index contributed by atoms with van der Waals surface area (Å²) in [4.78, 5) is 10.6. The third-order valence-corrected chi connectivity index (χ3v) is 1.27. The van der Waals surface area contributed by atoms with E-state index in [4.69, 9.17) is 11.5 Å². The quantitative estimate of drug-likeness (QED) is 0.563. The van der Waals surface area contributed by atoms with E-state index in [9.17, 15) is 4.79 Å². The molecule has 58 valence electrons. The van der Waals surface area contributed by atoms with E-state index in [-0.39, 0.29) is 0 Å². The highest BCUT2D eigenvalue weighted by atomic mass is 16.1. The van der Waals surface area contributed by atoms with E-state index in [1.807, 2.05) is 6.92 Å². The largest absolute Gasteiger partial charge is 0.402 e. The number of primary amides is 1. The van der Waals surface area contributed by atoms with Gasteiger partial charge in [0.15, 0.2) is 0 Å². The number of carbonyl (C=O) groups is 1. The Morgan fingerprint density at radius 1 is 1.40 bits per heavy atom. The normalized spacial score (nSPS) is 12.6. The molecule has 3 nitrogen and oxygen atoms in total. The zero-order chi connectivity index (χ0) is 8.15. The van der Waals surface area contributed by atoms with E-state index in [1.165, 1.54) is 0 Å². The molecule has 0 rings (SSSR count). The minimum atomic E-state index is -0.401. The van der Waals surface area contributed by atoms with Gasteiger partial charge in [0.05, 0.1) is 0 Å². The van der Waals surface area contributed by atoms with Crippen LogP contribution < -0.4 is 11.5 Å². The SMILES string of the molecule is CCC/C(C(N)=O)=C(\C)N. The first kappa shape index (κ1) is 9.01. The van der Waals surface area contributed by atoms with Crippen molar-refractivity contribution in [2.24, 2.45) is 11.5 Å². The van der Waals surface area contributed by atoms with Gasteiger partial charge in [-0.1, -0.05) is 13.3 Å². The van der Waals surface area contributed by atoms with E-state index < -0.39 is 5.91 Å². The van der Waals surface area contributed by atoms with Crippen molar-refractivity contribution in [3.05, 3.63) is 11.3 Å². The Balaban J connectivity index is 4.28. The molecule has 10 heavy (non-hydrogen) atoms.